The Morgan fingerprint density at radius 1 is 1.07 bits per heavy atom. The molecule has 0 amide bonds. The molecule has 1 saturated heterocycles. The van der Waals surface area contributed by atoms with Gasteiger partial charge in [0.05, 0.1) is 0 Å². The summed E-state index contributed by atoms with van der Waals surface area (Å²) in [5.74, 6) is 3.43. The first-order valence-electron chi connectivity index (χ1n) is 6.44. The van der Waals surface area contributed by atoms with E-state index in [1.165, 1.54) is 50.0 Å². The van der Waals surface area contributed by atoms with Crippen LogP contribution in [0.15, 0.2) is 0 Å². The fourth-order valence-corrected chi connectivity index (χ4v) is 3.98. The summed E-state index contributed by atoms with van der Waals surface area (Å²) in [6.45, 7) is 0.874. The molecular formula is C12H24N2S. The van der Waals surface area contributed by atoms with E-state index in [2.05, 4.69) is 17.1 Å². The molecule has 2 atom stereocenters. The molecule has 15 heavy (non-hydrogen) atoms. The first-order chi connectivity index (χ1) is 7.40. The molecule has 1 saturated carbocycles. The van der Waals surface area contributed by atoms with E-state index in [1.54, 1.807) is 0 Å². The van der Waals surface area contributed by atoms with Gasteiger partial charge in [-0.15, -0.1) is 0 Å². The lowest BCUT2D eigenvalue weighted by atomic mass is 9.84. The van der Waals surface area contributed by atoms with Crippen molar-refractivity contribution >= 4 is 11.8 Å². The van der Waals surface area contributed by atoms with Gasteiger partial charge in [-0.05, 0) is 49.7 Å². The quantitative estimate of drug-likeness (QED) is 0.776. The number of nitrogens with one attached hydrogen (secondary N) is 1. The lowest BCUT2D eigenvalue weighted by Gasteiger charge is -2.35. The second-order valence-corrected chi connectivity index (χ2v) is 6.16. The zero-order chi connectivity index (χ0) is 10.5. The minimum absolute atomic E-state index is 0.719. The molecule has 0 aromatic rings. The van der Waals surface area contributed by atoms with Crippen molar-refractivity contribution in [3.63, 3.8) is 0 Å². The first-order valence-corrected chi connectivity index (χ1v) is 7.59. The number of rotatable bonds is 3. The van der Waals surface area contributed by atoms with Crippen LogP contribution in [0.25, 0.3) is 0 Å². The smallest absolute Gasteiger partial charge is 0.0110 e. The van der Waals surface area contributed by atoms with Gasteiger partial charge in [0, 0.05) is 12.1 Å². The molecule has 88 valence electrons. The van der Waals surface area contributed by atoms with Gasteiger partial charge in [-0.3, -0.25) is 0 Å². The Hall–Kier alpha value is 0.270. The van der Waals surface area contributed by atoms with Crippen LogP contribution in [-0.2, 0) is 0 Å². The van der Waals surface area contributed by atoms with E-state index in [0.717, 1.165) is 24.5 Å². The van der Waals surface area contributed by atoms with Crippen LogP contribution in [0.4, 0.5) is 0 Å². The lowest BCUT2D eigenvalue weighted by Crippen LogP contribution is -2.47. The van der Waals surface area contributed by atoms with Crippen molar-refractivity contribution < 1.29 is 0 Å². The van der Waals surface area contributed by atoms with Gasteiger partial charge in [-0.25, -0.2) is 0 Å². The van der Waals surface area contributed by atoms with Crippen LogP contribution in [0, 0.1) is 5.92 Å². The maximum atomic E-state index is 5.85. The molecule has 2 rings (SSSR count). The normalized spacial score (nSPS) is 34.2. The third-order valence-electron chi connectivity index (χ3n) is 3.88. The van der Waals surface area contributed by atoms with E-state index in [4.69, 9.17) is 5.73 Å². The monoisotopic (exact) mass is 228 g/mol. The van der Waals surface area contributed by atoms with Crippen LogP contribution in [0.2, 0.25) is 0 Å². The Kier molecular flexibility index (Phi) is 4.79. The second kappa shape index (κ2) is 6.12. The molecule has 1 aliphatic heterocycles. The highest BCUT2D eigenvalue weighted by molar-refractivity contribution is 7.99. The SMILES string of the molecule is NCC1CCCCC1NC1CCSCC1. The lowest BCUT2D eigenvalue weighted by molar-refractivity contribution is 0.242. The summed E-state index contributed by atoms with van der Waals surface area (Å²) in [7, 11) is 0. The molecule has 2 unspecified atom stereocenters. The number of hydrogen-bond acceptors (Lipinski definition) is 3. The highest BCUT2D eigenvalue weighted by atomic mass is 32.2. The number of hydrogen-bond donors (Lipinski definition) is 2. The van der Waals surface area contributed by atoms with Gasteiger partial charge >= 0.3 is 0 Å². The largest absolute Gasteiger partial charge is 0.330 e. The Morgan fingerprint density at radius 2 is 1.80 bits per heavy atom. The van der Waals surface area contributed by atoms with E-state index in [-0.39, 0.29) is 0 Å². The summed E-state index contributed by atoms with van der Waals surface area (Å²) in [5, 5.41) is 3.87. The summed E-state index contributed by atoms with van der Waals surface area (Å²) in [5.41, 5.74) is 5.85. The van der Waals surface area contributed by atoms with Crippen LogP contribution < -0.4 is 11.1 Å². The van der Waals surface area contributed by atoms with Crippen LogP contribution in [0.5, 0.6) is 0 Å². The van der Waals surface area contributed by atoms with Crippen molar-refractivity contribution in [1.82, 2.24) is 5.32 Å². The van der Waals surface area contributed by atoms with E-state index in [9.17, 15) is 0 Å². The summed E-state index contributed by atoms with van der Waals surface area (Å²) in [6, 6.07) is 1.50. The maximum Gasteiger partial charge on any atom is 0.0110 e. The number of thioether (sulfide) groups is 1. The molecule has 1 heterocycles. The van der Waals surface area contributed by atoms with Crippen molar-refractivity contribution in [3.8, 4) is 0 Å². The van der Waals surface area contributed by atoms with Crippen molar-refractivity contribution in [1.29, 1.82) is 0 Å². The minimum Gasteiger partial charge on any atom is -0.330 e. The highest BCUT2D eigenvalue weighted by Crippen LogP contribution is 2.26. The second-order valence-electron chi connectivity index (χ2n) is 4.94. The summed E-state index contributed by atoms with van der Waals surface area (Å²) >= 11 is 2.10. The van der Waals surface area contributed by atoms with Crippen molar-refractivity contribution in [3.05, 3.63) is 0 Å². The predicted octanol–water partition coefficient (Wildman–Crippen LogP) is 1.99. The van der Waals surface area contributed by atoms with Gasteiger partial charge in [0.1, 0.15) is 0 Å². The molecule has 3 heteroatoms. The molecule has 2 aliphatic rings. The third kappa shape index (κ3) is 3.36. The Labute approximate surface area is 97.8 Å². The Balaban J connectivity index is 1.79. The van der Waals surface area contributed by atoms with Crippen LogP contribution in [0.1, 0.15) is 38.5 Å². The highest BCUT2D eigenvalue weighted by Gasteiger charge is 2.26. The fourth-order valence-electron chi connectivity index (χ4n) is 2.88. The predicted molar refractivity (Wildman–Crippen MR) is 68.3 cm³/mol. The van der Waals surface area contributed by atoms with E-state index in [0.29, 0.717) is 0 Å². The first kappa shape index (κ1) is 11.7. The zero-order valence-electron chi connectivity index (χ0n) is 9.58. The van der Waals surface area contributed by atoms with Gasteiger partial charge in [-0.1, -0.05) is 12.8 Å². The summed E-state index contributed by atoms with van der Waals surface area (Å²) < 4.78 is 0. The van der Waals surface area contributed by atoms with E-state index < -0.39 is 0 Å². The van der Waals surface area contributed by atoms with E-state index >= 15 is 0 Å². The summed E-state index contributed by atoms with van der Waals surface area (Å²) in [6.07, 6.45) is 8.20. The molecule has 0 radical (unpaired) electrons. The molecule has 0 spiro atoms. The van der Waals surface area contributed by atoms with Gasteiger partial charge in [-0.2, -0.15) is 11.8 Å². The third-order valence-corrected chi connectivity index (χ3v) is 4.93. The molecule has 2 nitrogen and oxygen atoms in total. The topological polar surface area (TPSA) is 38.0 Å². The standard InChI is InChI=1S/C12H24N2S/c13-9-10-3-1-2-4-12(10)14-11-5-7-15-8-6-11/h10-12,14H,1-9,13H2. The molecule has 0 aromatic heterocycles. The average Bonchev–Trinajstić information content (AvgIpc) is 2.31. The van der Waals surface area contributed by atoms with E-state index in [1.807, 2.05) is 0 Å². The van der Waals surface area contributed by atoms with Gasteiger partial charge in [0.25, 0.3) is 0 Å². The average molecular weight is 228 g/mol. The zero-order valence-corrected chi connectivity index (χ0v) is 10.4. The van der Waals surface area contributed by atoms with Gasteiger partial charge in [0.2, 0.25) is 0 Å². The number of nitrogens with two attached hydrogens (primary N) is 1. The molecule has 1 aliphatic carbocycles. The Bertz CT molecular complexity index is 180. The Morgan fingerprint density at radius 3 is 2.53 bits per heavy atom. The fraction of sp³-hybridized carbons (Fsp3) is 1.00. The van der Waals surface area contributed by atoms with Gasteiger partial charge < -0.3 is 11.1 Å². The van der Waals surface area contributed by atoms with Crippen molar-refractivity contribution in [2.45, 2.75) is 50.6 Å². The van der Waals surface area contributed by atoms with Gasteiger partial charge in [0.15, 0.2) is 0 Å². The summed E-state index contributed by atoms with van der Waals surface area (Å²) in [4.78, 5) is 0. The van der Waals surface area contributed by atoms with Crippen LogP contribution >= 0.6 is 11.8 Å². The van der Waals surface area contributed by atoms with Crippen LogP contribution in [0.3, 0.4) is 0 Å². The molecular weight excluding hydrogens is 204 g/mol. The minimum atomic E-state index is 0.719. The molecule has 2 fully saturated rings. The molecule has 0 bridgehead atoms. The van der Waals surface area contributed by atoms with Crippen molar-refractivity contribution in [2.75, 3.05) is 18.1 Å². The van der Waals surface area contributed by atoms with Crippen LogP contribution in [-0.4, -0.2) is 30.1 Å². The molecule has 3 N–H and O–H groups in total. The molecule has 0 aromatic carbocycles. The van der Waals surface area contributed by atoms with Crippen molar-refractivity contribution in [2.24, 2.45) is 11.7 Å². The maximum absolute atomic E-state index is 5.85.